The zero-order valence-corrected chi connectivity index (χ0v) is 13.1. The van der Waals surface area contributed by atoms with Crippen LogP contribution in [-0.4, -0.2) is 14.5 Å². The Bertz CT molecular complexity index is 661. The van der Waals surface area contributed by atoms with Crippen molar-refractivity contribution in [3.05, 3.63) is 22.7 Å². The molecule has 0 unspecified atom stereocenters. The van der Waals surface area contributed by atoms with Crippen LogP contribution in [0.3, 0.4) is 0 Å². The number of fused-ring (bicyclic) bond motifs is 1. The van der Waals surface area contributed by atoms with Gasteiger partial charge in [0.25, 0.3) is 0 Å². The van der Waals surface area contributed by atoms with Crippen molar-refractivity contribution in [2.24, 2.45) is 0 Å². The number of pyridine rings is 1. The molecule has 0 aromatic carbocycles. The summed E-state index contributed by atoms with van der Waals surface area (Å²) in [7, 11) is 0. The number of imidazole rings is 1. The summed E-state index contributed by atoms with van der Waals surface area (Å²) < 4.78 is 2.20. The lowest BCUT2D eigenvalue weighted by Gasteiger charge is -2.08. The zero-order valence-electron chi connectivity index (χ0n) is 13.1. The second-order valence-electron chi connectivity index (χ2n) is 5.61. The van der Waals surface area contributed by atoms with Crippen LogP contribution >= 0.6 is 0 Å². The maximum atomic E-state index is 6.06. The Labute approximate surface area is 120 Å². The van der Waals surface area contributed by atoms with E-state index in [1.54, 1.807) is 0 Å². The van der Waals surface area contributed by atoms with Crippen LogP contribution in [0.4, 0.5) is 5.82 Å². The van der Waals surface area contributed by atoms with Crippen molar-refractivity contribution in [3.63, 3.8) is 0 Å². The van der Waals surface area contributed by atoms with E-state index in [4.69, 9.17) is 10.7 Å². The predicted molar refractivity (Wildman–Crippen MR) is 85.6 cm³/mol. The fourth-order valence-electron chi connectivity index (χ4n) is 2.41. The number of nitrogen functional groups attached to an aromatic ring is 1. The molecule has 4 nitrogen and oxygen atoms in total. The lowest BCUT2D eigenvalue weighted by molar-refractivity contribution is 0.750. The lowest BCUT2D eigenvalue weighted by Crippen LogP contribution is -2.00. The number of unbranched alkanes of at least 4 members (excludes halogenated alkanes) is 1. The zero-order chi connectivity index (χ0) is 14.9. The van der Waals surface area contributed by atoms with Gasteiger partial charge < -0.3 is 10.3 Å². The molecule has 2 rings (SSSR count). The summed E-state index contributed by atoms with van der Waals surface area (Å²) in [5.41, 5.74) is 11.4. The molecule has 0 aliphatic carbocycles. The molecule has 0 aliphatic heterocycles. The summed E-state index contributed by atoms with van der Waals surface area (Å²) in [5.74, 6) is 1.60. The van der Waals surface area contributed by atoms with E-state index in [2.05, 4.69) is 43.4 Å². The number of nitrogens with two attached hydrogens (primary N) is 1. The van der Waals surface area contributed by atoms with E-state index in [0.29, 0.717) is 5.82 Å². The van der Waals surface area contributed by atoms with Gasteiger partial charge in [-0.05, 0) is 39.7 Å². The van der Waals surface area contributed by atoms with Gasteiger partial charge in [0, 0.05) is 18.3 Å². The molecule has 0 atom stereocenters. The molecule has 0 spiro atoms. The first kappa shape index (κ1) is 14.6. The Balaban J connectivity index is 2.77. The van der Waals surface area contributed by atoms with Crippen LogP contribution in [0.25, 0.3) is 17.2 Å². The second-order valence-corrected chi connectivity index (χ2v) is 5.61. The molecular weight excluding hydrogens is 248 g/mol. The maximum absolute atomic E-state index is 6.06. The first-order valence-electron chi connectivity index (χ1n) is 7.24. The number of rotatable bonds is 4. The Hall–Kier alpha value is -1.84. The van der Waals surface area contributed by atoms with Gasteiger partial charge in [-0.1, -0.05) is 18.9 Å². The van der Waals surface area contributed by atoms with Crippen molar-refractivity contribution in [1.29, 1.82) is 0 Å². The van der Waals surface area contributed by atoms with Gasteiger partial charge in [0.1, 0.15) is 11.3 Å². The van der Waals surface area contributed by atoms with Gasteiger partial charge in [-0.15, -0.1) is 0 Å². The smallest absolute Gasteiger partial charge is 0.151 e. The van der Waals surface area contributed by atoms with Gasteiger partial charge in [0.05, 0.1) is 5.52 Å². The van der Waals surface area contributed by atoms with E-state index in [0.717, 1.165) is 47.4 Å². The largest absolute Gasteiger partial charge is 0.382 e. The fourth-order valence-corrected chi connectivity index (χ4v) is 2.41. The maximum Gasteiger partial charge on any atom is 0.151 e. The molecule has 20 heavy (non-hydrogen) atoms. The van der Waals surface area contributed by atoms with E-state index in [1.807, 2.05) is 6.92 Å². The minimum absolute atomic E-state index is 0.529. The summed E-state index contributed by atoms with van der Waals surface area (Å²) >= 11 is 0. The third-order valence-electron chi connectivity index (χ3n) is 3.55. The van der Waals surface area contributed by atoms with Crippen LogP contribution in [0, 0.1) is 13.8 Å². The molecule has 2 aromatic rings. The van der Waals surface area contributed by atoms with Crippen molar-refractivity contribution in [2.75, 3.05) is 5.73 Å². The van der Waals surface area contributed by atoms with E-state index in [1.165, 1.54) is 5.57 Å². The molecule has 0 bridgehead atoms. The second kappa shape index (κ2) is 5.65. The van der Waals surface area contributed by atoms with Crippen LogP contribution < -0.4 is 5.73 Å². The summed E-state index contributed by atoms with van der Waals surface area (Å²) in [5, 5.41) is 0. The molecule has 0 saturated heterocycles. The lowest BCUT2D eigenvalue weighted by atomic mass is 10.2. The highest BCUT2D eigenvalue weighted by Crippen LogP contribution is 2.27. The minimum atomic E-state index is 0.529. The Morgan fingerprint density at radius 3 is 2.55 bits per heavy atom. The van der Waals surface area contributed by atoms with Gasteiger partial charge in [0.2, 0.25) is 0 Å². The molecule has 0 radical (unpaired) electrons. The van der Waals surface area contributed by atoms with Crippen LogP contribution in [-0.2, 0) is 6.42 Å². The normalized spacial score (nSPS) is 11.1. The van der Waals surface area contributed by atoms with E-state index in [9.17, 15) is 0 Å². The summed E-state index contributed by atoms with van der Waals surface area (Å²) in [6.45, 7) is 10.5. The van der Waals surface area contributed by atoms with E-state index < -0.39 is 0 Å². The SMILES string of the molecule is CCCCc1nc2c(N)nc(C)c(C)c2n1C=C(C)C. The molecular formula is C16H24N4. The average molecular weight is 272 g/mol. The van der Waals surface area contributed by atoms with Crippen molar-refractivity contribution in [1.82, 2.24) is 14.5 Å². The highest BCUT2D eigenvalue weighted by atomic mass is 15.1. The Morgan fingerprint density at radius 2 is 1.95 bits per heavy atom. The highest BCUT2D eigenvalue weighted by Gasteiger charge is 2.16. The Kier molecular flexibility index (Phi) is 4.12. The standard InChI is InChI=1S/C16H24N4/c1-6-7-8-13-19-14-15(20(13)9-10(2)3)11(4)12(5)18-16(14)17/h9H,6-8H2,1-5H3,(H2,17,18). The van der Waals surface area contributed by atoms with Crippen molar-refractivity contribution < 1.29 is 0 Å². The third-order valence-corrected chi connectivity index (χ3v) is 3.55. The number of allylic oxidation sites excluding steroid dienone is 1. The number of hydrogen-bond acceptors (Lipinski definition) is 3. The number of hydrogen-bond donors (Lipinski definition) is 1. The van der Waals surface area contributed by atoms with E-state index in [-0.39, 0.29) is 0 Å². The number of nitrogens with zero attached hydrogens (tertiary/aromatic N) is 3. The van der Waals surface area contributed by atoms with Gasteiger partial charge >= 0.3 is 0 Å². The molecule has 2 heterocycles. The monoisotopic (exact) mass is 272 g/mol. The number of anilines is 1. The summed E-state index contributed by atoms with van der Waals surface area (Å²) in [4.78, 5) is 9.13. The summed E-state index contributed by atoms with van der Waals surface area (Å²) in [6, 6.07) is 0. The Morgan fingerprint density at radius 1 is 1.25 bits per heavy atom. The molecule has 108 valence electrons. The van der Waals surface area contributed by atoms with Crippen LogP contribution in [0.15, 0.2) is 5.57 Å². The average Bonchev–Trinajstić information content (AvgIpc) is 2.72. The molecule has 0 saturated carbocycles. The quantitative estimate of drug-likeness (QED) is 0.919. The minimum Gasteiger partial charge on any atom is -0.382 e. The van der Waals surface area contributed by atoms with Gasteiger partial charge in [0.15, 0.2) is 5.82 Å². The van der Waals surface area contributed by atoms with Gasteiger partial charge in [-0.2, -0.15) is 0 Å². The number of aryl methyl sites for hydroxylation is 3. The van der Waals surface area contributed by atoms with E-state index >= 15 is 0 Å². The van der Waals surface area contributed by atoms with Crippen molar-refractivity contribution >= 4 is 23.1 Å². The van der Waals surface area contributed by atoms with Crippen molar-refractivity contribution in [2.45, 2.75) is 53.9 Å². The number of aromatic nitrogens is 3. The summed E-state index contributed by atoms with van der Waals surface area (Å²) in [6.07, 6.45) is 5.40. The molecule has 4 heteroatoms. The first-order valence-corrected chi connectivity index (χ1v) is 7.24. The van der Waals surface area contributed by atoms with Crippen LogP contribution in [0.5, 0.6) is 0 Å². The van der Waals surface area contributed by atoms with Gasteiger partial charge in [-0.3, -0.25) is 0 Å². The first-order chi connectivity index (χ1) is 9.45. The molecule has 0 amide bonds. The predicted octanol–water partition coefficient (Wildman–Crippen LogP) is 3.85. The van der Waals surface area contributed by atoms with Crippen molar-refractivity contribution in [3.8, 4) is 0 Å². The van der Waals surface area contributed by atoms with Crippen LogP contribution in [0.1, 0.15) is 50.7 Å². The van der Waals surface area contributed by atoms with Crippen LogP contribution in [0.2, 0.25) is 0 Å². The molecule has 2 aromatic heterocycles. The molecule has 0 aliphatic rings. The highest BCUT2D eigenvalue weighted by molar-refractivity contribution is 5.90. The fraction of sp³-hybridized carbons (Fsp3) is 0.500. The topological polar surface area (TPSA) is 56.7 Å². The molecule has 0 fully saturated rings. The third kappa shape index (κ3) is 2.55. The van der Waals surface area contributed by atoms with Gasteiger partial charge in [-0.25, -0.2) is 9.97 Å². The molecule has 2 N–H and O–H groups in total.